The van der Waals surface area contributed by atoms with Crippen molar-refractivity contribution in [1.29, 1.82) is 0 Å². The van der Waals surface area contributed by atoms with Gasteiger partial charge in [0.05, 0.1) is 19.2 Å². The normalized spacial score (nSPS) is 21.5. The molecule has 2 atom stereocenters. The molecule has 2 N–H and O–H groups in total. The van der Waals surface area contributed by atoms with Crippen molar-refractivity contribution in [3.05, 3.63) is 58.4 Å². The maximum atomic E-state index is 14.8. The Morgan fingerprint density at radius 3 is 2.57 bits per heavy atom. The Morgan fingerprint density at radius 2 is 1.86 bits per heavy atom. The number of amides is 3. The van der Waals surface area contributed by atoms with Gasteiger partial charge in [-0.25, -0.2) is 12.8 Å². The van der Waals surface area contributed by atoms with Crippen LogP contribution in [0.3, 0.4) is 0 Å². The average Bonchev–Trinajstić information content (AvgIpc) is 3.44. The SMILES string of the molecule is COc1ccc(Cl)cc1S(=O)(=O)N1CC(=O)NCCCc2ccc(F)c(c2)C(=O)N2CCC[C@H]2C(=O)N[C@H](C(C)C)C1. The van der Waals surface area contributed by atoms with Crippen molar-refractivity contribution in [2.75, 3.05) is 33.3 Å². The summed E-state index contributed by atoms with van der Waals surface area (Å²) in [5.41, 5.74) is 0.601. The second-order valence-corrected chi connectivity index (χ2v) is 13.2. The van der Waals surface area contributed by atoms with Crippen molar-refractivity contribution in [2.45, 2.75) is 56.5 Å². The maximum Gasteiger partial charge on any atom is 0.257 e. The summed E-state index contributed by atoms with van der Waals surface area (Å²) in [5.74, 6) is -2.43. The van der Waals surface area contributed by atoms with Gasteiger partial charge in [-0.05, 0) is 67.5 Å². The topological polar surface area (TPSA) is 125 Å². The van der Waals surface area contributed by atoms with Crippen LogP contribution < -0.4 is 15.4 Å². The van der Waals surface area contributed by atoms with E-state index in [0.717, 1.165) is 4.31 Å². The third-order valence-electron chi connectivity index (χ3n) is 7.64. The van der Waals surface area contributed by atoms with Gasteiger partial charge in [0.2, 0.25) is 21.8 Å². The number of aryl methyl sites for hydroxylation is 1. The zero-order valence-electron chi connectivity index (χ0n) is 23.9. The molecule has 2 aliphatic heterocycles. The summed E-state index contributed by atoms with van der Waals surface area (Å²) >= 11 is 6.13. The maximum absolute atomic E-state index is 14.8. The molecule has 2 aromatic rings. The zero-order chi connectivity index (χ0) is 30.6. The van der Waals surface area contributed by atoms with Crippen LogP contribution in [0.1, 0.15) is 49.0 Å². The van der Waals surface area contributed by atoms with Gasteiger partial charge in [0.25, 0.3) is 5.91 Å². The monoisotopic (exact) mass is 622 g/mol. The second kappa shape index (κ2) is 13.4. The molecule has 1 fully saturated rings. The van der Waals surface area contributed by atoms with Crippen molar-refractivity contribution in [1.82, 2.24) is 19.8 Å². The van der Waals surface area contributed by atoms with Crippen molar-refractivity contribution in [3.63, 3.8) is 0 Å². The quantitative estimate of drug-likeness (QED) is 0.540. The molecule has 2 aliphatic rings. The van der Waals surface area contributed by atoms with Crippen LogP contribution in [0.4, 0.5) is 4.39 Å². The van der Waals surface area contributed by atoms with E-state index in [0.29, 0.717) is 37.8 Å². The van der Waals surface area contributed by atoms with Crippen LogP contribution in [-0.2, 0) is 26.0 Å². The van der Waals surface area contributed by atoms with Crippen molar-refractivity contribution < 1.29 is 31.9 Å². The van der Waals surface area contributed by atoms with Gasteiger partial charge in [0, 0.05) is 30.7 Å². The lowest BCUT2D eigenvalue weighted by molar-refractivity contribution is -0.126. The highest BCUT2D eigenvalue weighted by Crippen LogP contribution is 2.30. The lowest BCUT2D eigenvalue weighted by Gasteiger charge is -2.32. The first kappa shape index (κ1) is 31.7. The van der Waals surface area contributed by atoms with Gasteiger partial charge in [0.1, 0.15) is 22.5 Å². The van der Waals surface area contributed by atoms with E-state index in [1.165, 1.54) is 42.3 Å². The lowest BCUT2D eigenvalue weighted by Crippen LogP contribution is -2.54. The standard InChI is InChI=1S/C29H36ClFN4O6S/c1-18(2)23-16-34(42(39,40)26-15-20(30)9-11-25(26)41-3)17-27(36)32-12-4-6-19-8-10-22(31)21(14-19)29(38)35-13-5-7-24(35)28(37)33-23/h8-11,14-15,18,23-24H,4-7,12-13,16-17H2,1-3H3,(H,32,36)(H,33,37)/t23-,24-/m0/s1. The Labute approximate surface area is 250 Å². The zero-order valence-corrected chi connectivity index (χ0v) is 25.4. The first-order chi connectivity index (χ1) is 19.9. The molecule has 0 unspecified atom stereocenters. The predicted octanol–water partition coefficient (Wildman–Crippen LogP) is 2.99. The molecular weight excluding hydrogens is 587 g/mol. The largest absolute Gasteiger partial charge is 0.495 e. The summed E-state index contributed by atoms with van der Waals surface area (Å²) in [5, 5.41) is 5.83. The number of carbonyl (C=O) groups is 3. The van der Waals surface area contributed by atoms with Crippen LogP contribution in [-0.4, -0.2) is 80.7 Å². The first-order valence-electron chi connectivity index (χ1n) is 13.9. The Kier molecular flexibility index (Phi) is 10.1. The minimum absolute atomic E-state index is 0.0578. The summed E-state index contributed by atoms with van der Waals surface area (Å²) in [6, 6.07) is 6.93. The van der Waals surface area contributed by atoms with E-state index in [-0.39, 0.29) is 40.2 Å². The minimum Gasteiger partial charge on any atom is -0.495 e. The number of nitrogens with one attached hydrogen (secondary N) is 2. The fraction of sp³-hybridized carbons (Fsp3) is 0.483. The molecule has 4 rings (SSSR count). The Hall–Kier alpha value is -3.22. The van der Waals surface area contributed by atoms with Crippen LogP contribution in [0.25, 0.3) is 0 Å². The van der Waals surface area contributed by atoms with Crippen LogP contribution in [0.15, 0.2) is 41.3 Å². The minimum atomic E-state index is -4.33. The molecule has 0 aromatic heterocycles. The lowest BCUT2D eigenvalue weighted by atomic mass is 10.0. The molecule has 0 saturated carbocycles. The molecule has 0 aliphatic carbocycles. The number of rotatable bonds is 4. The molecule has 1 saturated heterocycles. The number of hydrogen-bond donors (Lipinski definition) is 2. The number of sulfonamides is 1. The van der Waals surface area contributed by atoms with Gasteiger partial charge in [-0.15, -0.1) is 0 Å². The molecule has 2 aromatic carbocycles. The van der Waals surface area contributed by atoms with Crippen LogP contribution in [0, 0.1) is 11.7 Å². The summed E-state index contributed by atoms with van der Waals surface area (Å²) in [4.78, 5) is 41.2. The number of ether oxygens (including phenoxy) is 1. The Morgan fingerprint density at radius 1 is 1.10 bits per heavy atom. The Bertz CT molecular complexity index is 1450. The molecular formula is C29H36ClFN4O6S. The average molecular weight is 623 g/mol. The summed E-state index contributed by atoms with van der Waals surface area (Å²) in [7, 11) is -3.00. The van der Waals surface area contributed by atoms with E-state index >= 15 is 0 Å². The van der Waals surface area contributed by atoms with Crippen LogP contribution in [0.5, 0.6) is 5.75 Å². The molecule has 42 heavy (non-hydrogen) atoms. The molecule has 0 radical (unpaired) electrons. The number of carbonyl (C=O) groups excluding carboxylic acids is 3. The summed E-state index contributed by atoms with van der Waals surface area (Å²) in [6.07, 6.45) is 1.86. The third-order valence-corrected chi connectivity index (χ3v) is 9.71. The molecule has 2 heterocycles. The van der Waals surface area contributed by atoms with Crippen LogP contribution >= 0.6 is 11.6 Å². The number of hydrogen-bond acceptors (Lipinski definition) is 6. The number of methoxy groups -OCH3 is 1. The van der Waals surface area contributed by atoms with E-state index in [1.807, 2.05) is 13.8 Å². The molecule has 0 spiro atoms. The highest BCUT2D eigenvalue weighted by molar-refractivity contribution is 7.89. The number of fused-ring (bicyclic) bond motifs is 3. The number of nitrogens with zero attached hydrogens (tertiary/aromatic N) is 2. The fourth-order valence-corrected chi connectivity index (χ4v) is 7.07. The number of benzene rings is 2. The van der Waals surface area contributed by atoms with Crippen molar-refractivity contribution >= 4 is 39.3 Å². The fourth-order valence-electron chi connectivity index (χ4n) is 5.23. The Balaban J connectivity index is 1.72. The smallest absolute Gasteiger partial charge is 0.257 e. The van der Waals surface area contributed by atoms with E-state index in [1.54, 1.807) is 6.07 Å². The van der Waals surface area contributed by atoms with E-state index in [4.69, 9.17) is 16.3 Å². The molecule has 13 heteroatoms. The van der Waals surface area contributed by atoms with Gasteiger partial charge >= 0.3 is 0 Å². The highest BCUT2D eigenvalue weighted by atomic mass is 35.5. The van der Waals surface area contributed by atoms with Gasteiger partial charge in [-0.3, -0.25) is 14.4 Å². The first-order valence-corrected chi connectivity index (χ1v) is 15.7. The van der Waals surface area contributed by atoms with E-state index in [2.05, 4.69) is 10.6 Å². The molecule has 10 nitrogen and oxygen atoms in total. The van der Waals surface area contributed by atoms with Crippen molar-refractivity contribution in [3.8, 4) is 5.75 Å². The molecule has 3 amide bonds. The molecule has 2 bridgehead atoms. The van der Waals surface area contributed by atoms with Gasteiger partial charge in [-0.2, -0.15) is 4.31 Å². The highest BCUT2D eigenvalue weighted by Gasteiger charge is 2.38. The summed E-state index contributed by atoms with van der Waals surface area (Å²) in [6.45, 7) is 3.41. The summed E-state index contributed by atoms with van der Waals surface area (Å²) < 4.78 is 49.0. The predicted molar refractivity (Wildman–Crippen MR) is 155 cm³/mol. The van der Waals surface area contributed by atoms with Crippen LogP contribution in [0.2, 0.25) is 5.02 Å². The van der Waals surface area contributed by atoms with Crippen molar-refractivity contribution in [2.24, 2.45) is 5.92 Å². The van der Waals surface area contributed by atoms with Gasteiger partial charge in [0.15, 0.2) is 0 Å². The van der Waals surface area contributed by atoms with E-state index < -0.39 is 52.2 Å². The van der Waals surface area contributed by atoms with Gasteiger partial charge in [-0.1, -0.05) is 31.5 Å². The number of halogens is 2. The third kappa shape index (κ3) is 7.04. The van der Waals surface area contributed by atoms with Gasteiger partial charge < -0.3 is 20.3 Å². The van der Waals surface area contributed by atoms with E-state index in [9.17, 15) is 27.2 Å². The molecule has 228 valence electrons. The second-order valence-electron chi connectivity index (χ2n) is 10.9.